The third kappa shape index (κ3) is 5.93. The van der Waals surface area contributed by atoms with Crippen molar-refractivity contribution >= 4 is 5.91 Å². The molecule has 2 saturated heterocycles. The second-order valence-corrected chi connectivity index (χ2v) is 6.41. The Morgan fingerprint density at radius 1 is 0.810 bits per heavy atom. The standard InChI is InChI=1S/C16H32N4O/c17-7-5-8-18-9-6-10-19(14-13-18)15-16(21)20-11-3-1-2-4-12-20/h1-15,17H2. The molecule has 2 rings (SSSR count). The van der Waals surface area contributed by atoms with E-state index in [1.165, 1.54) is 25.7 Å². The van der Waals surface area contributed by atoms with E-state index in [-0.39, 0.29) is 0 Å². The fourth-order valence-electron chi connectivity index (χ4n) is 3.33. The van der Waals surface area contributed by atoms with Crippen LogP contribution >= 0.6 is 0 Å². The molecule has 0 aromatic rings. The van der Waals surface area contributed by atoms with Crippen molar-refractivity contribution < 1.29 is 4.79 Å². The maximum Gasteiger partial charge on any atom is 0.236 e. The summed E-state index contributed by atoms with van der Waals surface area (Å²) < 4.78 is 0. The highest BCUT2D eigenvalue weighted by molar-refractivity contribution is 5.78. The smallest absolute Gasteiger partial charge is 0.236 e. The van der Waals surface area contributed by atoms with Crippen LogP contribution in [0.3, 0.4) is 0 Å². The first-order chi connectivity index (χ1) is 10.3. The topological polar surface area (TPSA) is 52.8 Å². The Morgan fingerprint density at radius 3 is 2.19 bits per heavy atom. The summed E-state index contributed by atoms with van der Waals surface area (Å²) in [6.07, 6.45) is 7.16. The van der Waals surface area contributed by atoms with Gasteiger partial charge in [-0.2, -0.15) is 0 Å². The predicted octanol–water partition coefficient (Wildman–Crippen LogP) is 0.746. The molecule has 0 spiro atoms. The van der Waals surface area contributed by atoms with Crippen molar-refractivity contribution in [1.82, 2.24) is 14.7 Å². The summed E-state index contributed by atoms with van der Waals surface area (Å²) in [4.78, 5) is 19.4. The van der Waals surface area contributed by atoms with Gasteiger partial charge in [-0.15, -0.1) is 0 Å². The van der Waals surface area contributed by atoms with Crippen molar-refractivity contribution in [3.8, 4) is 0 Å². The Hall–Kier alpha value is -0.650. The van der Waals surface area contributed by atoms with Crippen molar-refractivity contribution in [3.63, 3.8) is 0 Å². The summed E-state index contributed by atoms with van der Waals surface area (Å²) in [5.41, 5.74) is 5.59. The number of carbonyl (C=O) groups excluding carboxylic acids is 1. The maximum atomic E-state index is 12.4. The molecule has 0 aromatic carbocycles. The zero-order valence-corrected chi connectivity index (χ0v) is 13.4. The minimum absolute atomic E-state index is 0.340. The van der Waals surface area contributed by atoms with Gasteiger partial charge in [0.25, 0.3) is 0 Å². The Kier molecular flexibility index (Phi) is 7.47. The molecule has 2 fully saturated rings. The first kappa shape index (κ1) is 16.7. The summed E-state index contributed by atoms with van der Waals surface area (Å²) in [7, 11) is 0. The molecule has 2 heterocycles. The van der Waals surface area contributed by atoms with Crippen molar-refractivity contribution in [2.75, 3.05) is 58.9 Å². The number of amides is 1. The molecule has 2 aliphatic rings. The second kappa shape index (κ2) is 9.38. The van der Waals surface area contributed by atoms with E-state index in [1.54, 1.807) is 0 Å². The lowest BCUT2D eigenvalue weighted by Crippen LogP contribution is -2.42. The van der Waals surface area contributed by atoms with Gasteiger partial charge in [0, 0.05) is 26.2 Å². The van der Waals surface area contributed by atoms with Gasteiger partial charge < -0.3 is 15.5 Å². The third-order valence-electron chi connectivity index (χ3n) is 4.68. The molecule has 5 nitrogen and oxygen atoms in total. The summed E-state index contributed by atoms with van der Waals surface area (Å²) in [6.45, 7) is 8.72. The minimum atomic E-state index is 0.340. The SMILES string of the molecule is NCCCN1CCCN(CC(=O)N2CCCCCC2)CC1. The molecule has 0 bridgehead atoms. The normalized spacial score (nSPS) is 22.8. The molecule has 5 heteroatoms. The van der Waals surface area contributed by atoms with Gasteiger partial charge in [0.1, 0.15) is 0 Å². The van der Waals surface area contributed by atoms with Crippen molar-refractivity contribution in [3.05, 3.63) is 0 Å². The molecule has 2 aliphatic heterocycles. The molecule has 0 saturated carbocycles. The van der Waals surface area contributed by atoms with E-state index >= 15 is 0 Å². The molecule has 0 aromatic heterocycles. The van der Waals surface area contributed by atoms with Gasteiger partial charge in [-0.05, 0) is 51.9 Å². The van der Waals surface area contributed by atoms with Gasteiger partial charge in [-0.25, -0.2) is 0 Å². The number of hydrogen-bond donors (Lipinski definition) is 1. The minimum Gasteiger partial charge on any atom is -0.342 e. The first-order valence-electron chi connectivity index (χ1n) is 8.72. The van der Waals surface area contributed by atoms with E-state index in [2.05, 4.69) is 14.7 Å². The Bertz CT molecular complexity index is 303. The summed E-state index contributed by atoms with van der Waals surface area (Å²) in [5, 5.41) is 0. The molecular formula is C16H32N4O. The number of nitrogens with two attached hydrogens (primary N) is 1. The number of rotatable bonds is 5. The number of hydrogen-bond acceptors (Lipinski definition) is 4. The van der Waals surface area contributed by atoms with Crippen LogP contribution in [0.1, 0.15) is 38.5 Å². The predicted molar refractivity (Wildman–Crippen MR) is 86.2 cm³/mol. The number of carbonyl (C=O) groups is 1. The van der Waals surface area contributed by atoms with E-state index in [1.807, 2.05) is 0 Å². The number of nitrogens with zero attached hydrogens (tertiary/aromatic N) is 3. The second-order valence-electron chi connectivity index (χ2n) is 6.41. The van der Waals surface area contributed by atoms with Crippen molar-refractivity contribution in [1.29, 1.82) is 0 Å². The largest absolute Gasteiger partial charge is 0.342 e. The highest BCUT2D eigenvalue weighted by Gasteiger charge is 2.20. The van der Waals surface area contributed by atoms with Gasteiger partial charge in [0.05, 0.1) is 6.54 Å². The van der Waals surface area contributed by atoms with Crippen LogP contribution in [0.2, 0.25) is 0 Å². The van der Waals surface area contributed by atoms with E-state index in [0.717, 1.165) is 65.2 Å². The molecule has 122 valence electrons. The Morgan fingerprint density at radius 2 is 1.48 bits per heavy atom. The van der Waals surface area contributed by atoms with E-state index < -0.39 is 0 Å². The van der Waals surface area contributed by atoms with Crippen LogP contribution in [0, 0.1) is 0 Å². The molecule has 0 aliphatic carbocycles. The van der Waals surface area contributed by atoms with E-state index in [9.17, 15) is 4.79 Å². The molecule has 21 heavy (non-hydrogen) atoms. The molecule has 0 radical (unpaired) electrons. The lowest BCUT2D eigenvalue weighted by molar-refractivity contribution is -0.132. The summed E-state index contributed by atoms with van der Waals surface area (Å²) in [5.74, 6) is 0.340. The van der Waals surface area contributed by atoms with Crippen molar-refractivity contribution in [2.24, 2.45) is 5.73 Å². The fraction of sp³-hybridized carbons (Fsp3) is 0.938. The molecule has 0 atom stereocenters. The van der Waals surface area contributed by atoms with Gasteiger partial charge in [0.15, 0.2) is 0 Å². The summed E-state index contributed by atoms with van der Waals surface area (Å²) >= 11 is 0. The zero-order chi connectivity index (χ0) is 14.9. The first-order valence-corrected chi connectivity index (χ1v) is 8.72. The third-order valence-corrected chi connectivity index (χ3v) is 4.68. The van der Waals surface area contributed by atoms with Crippen LogP contribution in [0.15, 0.2) is 0 Å². The van der Waals surface area contributed by atoms with E-state index in [0.29, 0.717) is 12.5 Å². The van der Waals surface area contributed by atoms with Gasteiger partial charge in [-0.3, -0.25) is 9.69 Å². The monoisotopic (exact) mass is 296 g/mol. The van der Waals surface area contributed by atoms with Gasteiger partial charge in [0.2, 0.25) is 5.91 Å². The fourth-order valence-corrected chi connectivity index (χ4v) is 3.33. The maximum absolute atomic E-state index is 12.4. The highest BCUT2D eigenvalue weighted by atomic mass is 16.2. The molecule has 2 N–H and O–H groups in total. The molecular weight excluding hydrogens is 264 g/mol. The van der Waals surface area contributed by atoms with Crippen LogP contribution in [-0.4, -0.2) is 79.5 Å². The van der Waals surface area contributed by atoms with Crippen LogP contribution in [0.4, 0.5) is 0 Å². The average Bonchev–Trinajstić information content (AvgIpc) is 2.88. The lowest BCUT2D eigenvalue weighted by Gasteiger charge is -2.25. The Labute approximate surface area is 129 Å². The summed E-state index contributed by atoms with van der Waals surface area (Å²) in [6, 6.07) is 0. The quantitative estimate of drug-likeness (QED) is 0.813. The van der Waals surface area contributed by atoms with Crippen LogP contribution in [0.5, 0.6) is 0 Å². The Balaban J connectivity index is 1.73. The highest BCUT2D eigenvalue weighted by Crippen LogP contribution is 2.11. The van der Waals surface area contributed by atoms with E-state index in [4.69, 9.17) is 5.73 Å². The molecule has 0 unspecified atom stereocenters. The molecule has 1 amide bonds. The zero-order valence-electron chi connectivity index (χ0n) is 13.4. The van der Waals surface area contributed by atoms with Gasteiger partial charge >= 0.3 is 0 Å². The van der Waals surface area contributed by atoms with Crippen LogP contribution < -0.4 is 5.73 Å². The average molecular weight is 296 g/mol. The van der Waals surface area contributed by atoms with Gasteiger partial charge in [-0.1, -0.05) is 12.8 Å². The van der Waals surface area contributed by atoms with Crippen LogP contribution in [-0.2, 0) is 4.79 Å². The lowest BCUT2D eigenvalue weighted by atomic mass is 10.2. The van der Waals surface area contributed by atoms with Crippen LogP contribution in [0.25, 0.3) is 0 Å². The van der Waals surface area contributed by atoms with Crippen molar-refractivity contribution in [2.45, 2.75) is 38.5 Å². The number of likely N-dealkylation sites (tertiary alicyclic amines) is 1.